The van der Waals surface area contributed by atoms with E-state index >= 15 is 0 Å². The van der Waals surface area contributed by atoms with Gasteiger partial charge in [-0.1, -0.05) is 6.92 Å². The van der Waals surface area contributed by atoms with Gasteiger partial charge in [-0.3, -0.25) is 10.1 Å². The molecule has 2 unspecified atom stereocenters. The van der Waals surface area contributed by atoms with E-state index in [0.717, 1.165) is 28.9 Å². The lowest BCUT2D eigenvalue weighted by atomic mass is 9.99. The van der Waals surface area contributed by atoms with Crippen molar-refractivity contribution in [3.63, 3.8) is 0 Å². The molecule has 8 nitrogen and oxygen atoms in total. The van der Waals surface area contributed by atoms with Crippen molar-refractivity contribution in [3.05, 3.63) is 28.3 Å². The Morgan fingerprint density at radius 1 is 1.48 bits per heavy atom. The molecule has 116 valence electrons. The van der Waals surface area contributed by atoms with Gasteiger partial charge in [-0.2, -0.15) is 4.31 Å². The van der Waals surface area contributed by atoms with Crippen LogP contribution < -0.4 is 5.73 Å². The highest BCUT2D eigenvalue weighted by Gasteiger charge is 2.36. The highest BCUT2D eigenvalue weighted by Crippen LogP contribution is 2.32. The molecule has 0 aliphatic carbocycles. The van der Waals surface area contributed by atoms with Crippen molar-refractivity contribution in [2.24, 2.45) is 11.7 Å². The number of piperidine rings is 1. The fourth-order valence-electron chi connectivity index (χ4n) is 2.40. The van der Waals surface area contributed by atoms with Gasteiger partial charge >= 0.3 is 5.69 Å². The van der Waals surface area contributed by atoms with Crippen LogP contribution in [-0.2, 0) is 10.0 Å². The number of phenols is 1. The van der Waals surface area contributed by atoms with Gasteiger partial charge in [0.15, 0.2) is 5.75 Å². The topological polar surface area (TPSA) is 127 Å². The van der Waals surface area contributed by atoms with Crippen molar-refractivity contribution in [2.45, 2.75) is 30.8 Å². The van der Waals surface area contributed by atoms with Gasteiger partial charge in [0, 0.05) is 12.6 Å². The lowest BCUT2D eigenvalue weighted by Crippen LogP contribution is -2.52. The summed E-state index contributed by atoms with van der Waals surface area (Å²) in [5.41, 5.74) is 5.29. The van der Waals surface area contributed by atoms with E-state index in [1.807, 2.05) is 6.92 Å². The van der Waals surface area contributed by atoms with E-state index in [0.29, 0.717) is 6.42 Å². The van der Waals surface area contributed by atoms with Crippen LogP contribution in [0.25, 0.3) is 0 Å². The summed E-state index contributed by atoms with van der Waals surface area (Å²) in [5.74, 6) is -0.559. The number of sulfonamides is 1. The fraction of sp³-hybridized carbons (Fsp3) is 0.500. The van der Waals surface area contributed by atoms with E-state index in [9.17, 15) is 23.6 Å². The first-order chi connectivity index (χ1) is 9.75. The molecule has 0 bridgehead atoms. The van der Waals surface area contributed by atoms with Crippen LogP contribution in [0.5, 0.6) is 5.75 Å². The van der Waals surface area contributed by atoms with Gasteiger partial charge in [-0.15, -0.1) is 0 Å². The molecule has 0 aromatic heterocycles. The van der Waals surface area contributed by atoms with Crippen molar-refractivity contribution in [2.75, 3.05) is 6.54 Å². The SMILES string of the molecule is CC1CCCN(S(=O)(=O)c2ccc(O)c([N+](=O)[O-])c2)C1N. The molecule has 0 amide bonds. The number of benzene rings is 1. The van der Waals surface area contributed by atoms with Crippen LogP contribution in [0.1, 0.15) is 19.8 Å². The molecule has 0 spiro atoms. The van der Waals surface area contributed by atoms with Crippen LogP contribution in [0.15, 0.2) is 23.1 Å². The molecule has 9 heteroatoms. The molecular formula is C12H17N3O5S. The number of hydrogen-bond donors (Lipinski definition) is 2. The standard InChI is InChI=1S/C12H17N3O5S/c1-8-3-2-6-14(12(8)13)21(19,20)9-4-5-11(16)10(7-9)15(17)18/h4-5,7-8,12,16H,2-3,6,13H2,1H3. The number of nitrogens with zero attached hydrogens (tertiary/aromatic N) is 2. The number of nitro benzene ring substituents is 1. The van der Waals surface area contributed by atoms with Crippen LogP contribution in [0.3, 0.4) is 0 Å². The average molecular weight is 315 g/mol. The highest BCUT2D eigenvalue weighted by atomic mass is 32.2. The Morgan fingerprint density at radius 3 is 2.76 bits per heavy atom. The number of aromatic hydroxyl groups is 1. The third-order valence-electron chi connectivity index (χ3n) is 3.70. The quantitative estimate of drug-likeness (QED) is 0.633. The Balaban J connectivity index is 2.44. The summed E-state index contributed by atoms with van der Waals surface area (Å²) in [6.07, 6.45) is 0.869. The molecule has 0 radical (unpaired) electrons. The molecule has 2 rings (SSSR count). The van der Waals surface area contributed by atoms with Gasteiger partial charge in [0.2, 0.25) is 10.0 Å². The first kappa shape index (κ1) is 15.7. The van der Waals surface area contributed by atoms with E-state index in [1.165, 1.54) is 0 Å². The largest absolute Gasteiger partial charge is 0.502 e. The maximum Gasteiger partial charge on any atom is 0.312 e. The third-order valence-corrected chi connectivity index (χ3v) is 5.60. The Kier molecular flexibility index (Phi) is 4.17. The minimum Gasteiger partial charge on any atom is -0.502 e. The van der Waals surface area contributed by atoms with E-state index in [1.54, 1.807) is 0 Å². The minimum absolute atomic E-state index is 0.0145. The average Bonchev–Trinajstić information content (AvgIpc) is 2.41. The van der Waals surface area contributed by atoms with Gasteiger partial charge in [0.1, 0.15) is 0 Å². The normalized spacial score (nSPS) is 23.9. The number of nitro groups is 1. The van der Waals surface area contributed by atoms with Crippen molar-refractivity contribution < 1.29 is 18.4 Å². The zero-order valence-electron chi connectivity index (χ0n) is 11.5. The van der Waals surface area contributed by atoms with Gasteiger partial charge in [0.25, 0.3) is 0 Å². The molecule has 21 heavy (non-hydrogen) atoms. The molecule has 1 aliphatic rings. The minimum atomic E-state index is -3.92. The first-order valence-electron chi connectivity index (χ1n) is 6.50. The van der Waals surface area contributed by atoms with Crippen molar-refractivity contribution in [1.82, 2.24) is 4.31 Å². The third kappa shape index (κ3) is 2.85. The number of hydrogen-bond acceptors (Lipinski definition) is 6. The van der Waals surface area contributed by atoms with Crippen LogP contribution in [0.2, 0.25) is 0 Å². The van der Waals surface area contributed by atoms with E-state index in [2.05, 4.69) is 0 Å². The van der Waals surface area contributed by atoms with Gasteiger partial charge in [0.05, 0.1) is 16.0 Å². The summed E-state index contributed by atoms with van der Waals surface area (Å²) in [7, 11) is -3.92. The lowest BCUT2D eigenvalue weighted by molar-refractivity contribution is -0.386. The summed E-state index contributed by atoms with van der Waals surface area (Å²) in [5, 5.41) is 20.2. The van der Waals surface area contributed by atoms with Gasteiger partial charge in [-0.25, -0.2) is 8.42 Å². The van der Waals surface area contributed by atoms with Gasteiger partial charge in [-0.05, 0) is 30.9 Å². The molecule has 1 saturated heterocycles. The number of nitrogens with two attached hydrogens (primary N) is 1. The predicted octanol–water partition coefficient (Wildman–Crippen LogP) is 1.01. The maximum absolute atomic E-state index is 12.6. The first-order valence-corrected chi connectivity index (χ1v) is 7.94. The lowest BCUT2D eigenvalue weighted by Gasteiger charge is -2.36. The van der Waals surface area contributed by atoms with Crippen LogP contribution in [-0.4, -0.2) is 35.5 Å². The zero-order valence-corrected chi connectivity index (χ0v) is 12.3. The zero-order chi connectivity index (χ0) is 15.8. The number of rotatable bonds is 3. The summed E-state index contributed by atoms with van der Waals surface area (Å²) in [4.78, 5) is 9.74. The van der Waals surface area contributed by atoms with E-state index in [4.69, 9.17) is 5.73 Å². The Labute approximate surface area is 122 Å². The van der Waals surface area contributed by atoms with Crippen LogP contribution in [0.4, 0.5) is 5.69 Å². The fourth-order valence-corrected chi connectivity index (χ4v) is 4.07. The van der Waals surface area contributed by atoms with Crippen molar-refractivity contribution >= 4 is 15.7 Å². The second kappa shape index (κ2) is 5.58. The second-order valence-corrected chi connectivity index (χ2v) is 7.02. The Morgan fingerprint density at radius 2 is 2.14 bits per heavy atom. The van der Waals surface area contributed by atoms with E-state index < -0.39 is 32.5 Å². The molecule has 1 heterocycles. The molecule has 1 fully saturated rings. The molecule has 3 N–H and O–H groups in total. The van der Waals surface area contributed by atoms with Crippen molar-refractivity contribution in [3.8, 4) is 5.75 Å². The monoisotopic (exact) mass is 315 g/mol. The highest BCUT2D eigenvalue weighted by molar-refractivity contribution is 7.89. The van der Waals surface area contributed by atoms with Crippen LogP contribution >= 0.6 is 0 Å². The summed E-state index contributed by atoms with van der Waals surface area (Å²) < 4.78 is 26.3. The molecule has 2 atom stereocenters. The van der Waals surface area contributed by atoms with Crippen LogP contribution in [0, 0.1) is 16.0 Å². The second-order valence-electron chi connectivity index (χ2n) is 5.13. The molecule has 1 aliphatic heterocycles. The van der Waals surface area contributed by atoms with Crippen molar-refractivity contribution in [1.29, 1.82) is 0 Å². The summed E-state index contributed by atoms with van der Waals surface area (Å²) >= 11 is 0. The van der Waals surface area contributed by atoms with Gasteiger partial charge < -0.3 is 10.8 Å². The molecule has 0 saturated carbocycles. The smallest absolute Gasteiger partial charge is 0.312 e. The predicted molar refractivity (Wildman–Crippen MR) is 75.0 cm³/mol. The maximum atomic E-state index is 12.6. The summed E-state index contributed by atoms with van der Waals surface area (Å²) in [6.45, 7) is 2.15. The number of phenolic OH excluding ortho intramolecular Hbond substituents is 1. The summed E-state index contributed by atoms with van der Waals surface area (Å²) in [6, 6.07) is 3.00. The Bertz CT molecular complexity index is 661. The Hall–Kier alpha value is -1.71. The molecule has 1 aromatic carbocycles. The molecular weight excluding hydrogens is 298 g/mol. The van der Waals surface area contributed by atoms with E-state index in [-0.39, 0.29) is 17.4 Å². The molecule has 1 aromatic rings.